The van der Waals surface area contributed by atoms with Crippen LogP contribution in [0.5, 0.6) is 0 Å². The molecule has 6 heteroatoms. The number of aliphatic hydroxyl groups is 1. The Morgan fingerprint density at radius 3 is 2.68 bits per heavy atom. The van der Waals surface area contributed by atoms with Gasteiger partial charge in [0.2, 0.25) is 0 Å². The minimum absolute atomic E-state index is 0.124. The molecular weight excluding hydrogens is 250 g/mol. The summed E-state index contributed by atoms with van der Waals surface area (Å²) in [7, 11) is 0. The predicted octanol–water partition coefficient (Wildman–Crippen LogP) is 0.917. The highest BCUT2D eigenvalue weighted by molar-refractivity contribution is 5.99. The number of aliphatic hydroxyl groups excluding tert-OH is 1. The zero-order valence-electron chi connectivity index (χ0n) is 10.2. The molecule has 1 amide bonds. The van der Waals surface area contributed by atoms with Crippen LogP contribution >= 0.6 is 0 Å². The van der Waals surface area contributed by atoms with E-state index in [-0.39, 0.29) is 12.3 Å². The van der Waals surface area contributed by atoms with Crippen molar-refractivity contribution >= 4 is 22.8 Å². The quantitative estimate of drug-likeness (QED) is 0.761. The van der Waals surface area contributed by atoms with Crippen LogP contribution in [0.4, 0.5) is 0 Å². The second kappa shape index (κ2) is 5.11. The van der Waals surface area contributed by atoms with E-state index in [1.165, 1.54) is 0 Å². The van der Waals surface area contributed by atoms with E-state index in [4.69, 9.17) is 14.6 Å². The second-order valence-corrected chi connectivity index (χ2v) is 4.12. The molecule has 1 aromatic carbocycles. The molecule has 1 unspecified atom stereocenters. The molecular formula is C13H13NO5. The Kier molecular flexibility index (Phi) is 3.52. The number of nitrogens with one attached hydrogen (secondary N) is 1. The van der Waals surface area contributed by atoms with Crippen molar-refractivity contribution in [2.45, 2.75) is 13.0 Å². The maximum atomic E-state index is 11.9. The molecule has 3 N–H and O–H groups in total. The van der Waals surface area contributed by atoms with Crippen LogP contribution in [0.2, 0.25) is 0 Å². The van der Waals surface area contributed by atoms with E-state index in [0.717, 1.165) is 5.39 Å². The topological polar surface area (TPSA) is 99.8 Å². The second-order valence-electron chi connectivity index (χ2n) is 4.12. The summed E-state index contributed by atoms with van der Waals surface area (Å²) in [6.07, 6.45) is -1.63. The summed E-state index contributed by atoms with van der Waals surface area (Å²) in [4.78, 5) is 22.3. The number of hydrogen-bond acceptors (Lipinski definition) is 4. The Labute approximate surface area is 108 Å². The normalized spacial score (nSPS) is 12.3. The molecule has 1 atom stereocenters. The van der Waals surface area contributed by atoms with Crippen molar-refractivity contribution in [1.82, 2.24) is 5.32 Å². The van der Waals surface area contributed by atoms with Crippen LogP contribution in [0.1, 0.15) is 16.1 Å². The fourth-order valence-electron chi connectivity index (χ4n) is 1.75. The van der Waals surface area contributed by atoms with E-state index >= 15 is 0 Å². The lowest BCUT2D eigenvalue weighted by atomic mass is 10.1. The lowest BCUT2D eigenvalue weighted by Crippen LogP contribution is -2.36. The molecule has 0 spiro atoms. The van der Waals surface area contributed by atoms with E-state index in [9.17, 15) is 9.59 Å². The van der Waals surface area contributed by atoms with E-state index < -0.39 is 18.0 Å². The molecule has 19 heavy (non-hydrogen) atoms. The van der Waals surface area contributed by atoms with Gasteiger partial charge in [0.25, 0.3) is 5.91 Å². The lowest BCUT2D eigenvalue weighted by molar-refractivity contribution is -0.146. The molecule has 2 aromatic rings. The van der Waals surface area contributed by atoms with E-state index in [1.807, 2.05) is 12.1 Å². The number of aliphatic carboxylic acids is 1. The number of amides is 1. The summed E-state index contributed by atoms with van der Waals surface area (Å²) >= 11 is 0. The minimum Gasteiger partial charge on any atom is -0.479 e. The molecule has 1 heterocycles. The van der Waals surface area contributed by atoms with Gasteiger partial charge in [-0.1, -0.05) is 18.2 Å². The molecule has 1 aromatic heterocycles. The maximum Gasteiger partial charge on any atom is 0.334 e. The van der Waals surface area contributed by atoms with Crippen molar-refractivity contribution in [3.8, 4) is 0 Å². The number of benzene rings is 1. The first-order chi connectivity index (χ1) is 9.00. The van der Waals surface area contributed by atoms with Gasteiger partial charge in [0.15, 0.2) is 11.9 Å². The molecule has 2 rings (SSSR count). The smallest absolute Gasteiger partial charge is 0.334 e. The molecule has 0 bridgehead atoms. The van der Waals surface area contributed by atoms with Gasteiger partial charge in [-0.3, -0.25) is 4.79 Å². The van der Waals surface area contributed by atoms with Crippen LogP contribution < -0.4 is 5.32 Å². The Bertz CT molecular complexity index is 631. The lowest BCUT2D eigenvalue weighted by Gasteiger charge is -2.06. The Balaban J connectivity index is 2.18. The average molecular weight is 263 g/mol. The van der Waals surface area contributed by atoms with Gasteiger partial charge in [0, 0.05) is 10.9 Å². The highest BCUT2D eigenvalue weighted by atomic mass is 16.4. The van der Waals surface area contributed by atoms with Gasteiger partial charge in [0.05, 0.1) is 6.54 Å². The van der Waals surface area contributed by atoms with Crippen molar-refractivity contribution in [2.24, 2.45) is 0 Å². The number of carbonyl (C=O) groups excluding carboxylic acids is 1. The van der Waals surface area contributed by atoms with Gasteiger partial charge in [0.1, 0.15) is 5.58 Å². The summed E-state index contributed by atoms with van der Waals surface area (Å²) in [5, 5.41) is 20.7. The molecule has 0 radical (unpaired) electrons. The first-order valence-electron chi connectivity index (χ1n) is 5.68. The zero-order chi connectivity index (χ0) is 14.0. The molecule has 6 nitrogen and oxygen atoms in total. The fraction of sp³-hybridized carbons (Fsp3) is 0.231. The molecule has 0 fully saturated rings. The Morgan fingerprint density at radius 1 is 1.37 bits per heavy atom. The number of aryl methyl sites for hydroxylation is 1. The van der Waals surface area contributed by atoms with Crippen molar-refractivity contribution in [3.05, 3.63) is 35.6 Å². The maximum absolute atomic E-state index is 11.9. The monoisotopic (exact) mass is 263 g/mol. The Morgan fingerprint density at radius 2 is 2.05 bits per heavy atom. The molecule has 0 saturated heterocycles. The number of hydrogen-bond donors (Lipinski definition) is 3. The van der Waals surface area contributed by atoms with Gasteiger partial charge in [-0.25, -0.2) is 4.79 Å². The molecule has 0 aliphatic heterocycles. The van der Waals surface area contributed by atoms with E-state index in [0.29, 0.717) is 11.1 Å². The summed E-state index contributed by atoms with van der Waals surface area (Å²) < 4.78 is 5.41. The number of carboxylic acid groups (broad SMARTS) is 1. The molecule has 0 aliphatic rings. The predicted molar refractivity (Wildman–Crippen MR) is 66.9 cm³/mol. The third kappa shape index (κ3) is 2.58. The summed E-state index contributed by atoms with van der Waals surface area (Å²) in [6, 6.07) is 7.20. The largest absolute Gasteiger partial charge is 0.479 e. The van der Waals surface area contributed by atoms with E-state index in [2.05, 4.69) is 5.32 Å². The average Bonchev–Trinajstić information content (AvgIpc) is 2.73. The van der Waals surface area contributed by atoms with Crippen LogP contribution in [-0.4, -0.2) is 34.7 Å². The Hall–Kier alpha value is -2.34. The van der Waals surface area contributed by atoms with Gasteiger partial charge in [-0.15, -0.1) is 0 Å². The molecule has 0 saturated carbocycles. The number of rotatable bonds is 4. The summed E-state index contributed by atoms with van der Waals surface area (Å²) in [6.45, 7) is 1.37. The number of para-hydroxylation sites is 1. The summed E-state index contributed by atoms with van der Waals surface area (Å²) in [5.74, 6) is -1.81. The highest BCUT2D eigenvalue weighted by Gasteiger charge is 2.19. The van der Waals surface area contributed by atoms with E-state index in [1.54, 1.807) is 19.1 Å². The van der Waals surface area contributed by atoms with Gasteiger partial charge < -0.3 is 19.9 Å². The standard InChI is InChI=1S/C13H13NO5/c1-7-8-4-2-3-5-10(8)19-11(7)12(16)14-6-9(15)13(17)18/h2-5,9,15H,6H2,1H3,(H,14,16)(H,17,18). The number of furan rings is 1. The molecule has 0 aliphatic carbocycles. The molecule has 100 valence electrons. The fourth-order valence-corrected chi connectivity index (χ4v) is 1.75. The van der Waals surface area contributed by atoms with Crippen LogP contribution in [0.25, 0.3) is 11.0 Å². The van der Waals surface area contributed by atoms with Crippen LogP contribution in [-0.2, 0) is 4.79 Å². The van der Waals surface area contributed by atoms with Crippen molar-refractivity contribution in [1.29, 1.82) is 0 Å². The van der Waals surface area contributed by atoms with Crippen LogP contribution in [0, 0.1) is 6.92 Å². The number of carboxylic acids is 1. The first-order valence-corrected chi connectivity index (χ1v) is 5.68. The van der Waals surface area contributed by atoms with Crippen LogP contribution in [0.3, 0.4) is 0 Å². The minimum atomic E-state index is -1.63. The van der Waals surface area contributed by atoms with Crippen molar-refractivity contribution < 1.29 is 24.2 Å². The van der Waals surface area contributed by atoms with Gasteiger partial charge in [-0.2, -0.15) is 0 Å². The van der Waals surface area contributed by atoms with Gasteiger partial charge in [-0.05, 0) is 13.0 Å². The van der Waals surface area contributed by atoms with Crippen LogP contribution in [0.15, 0.2) is 28.7 Å². The van der Waals surface area contributed by atoms with Gasteiger partial charge >= 0.3 is 5.97 Å². The highest BCUT2D eigenvalue weighted by Crippen LogP contribution is 2.24. The third-order valence-corrected chi connectivity index (χ3v) is 2.79. The number of carbonyl (C=O) groups is 2. The SMILES string of the molecule is Cc1c(C(=O)NCC(O)C(=O)O)oc2ccccc12. The van der Waals surface area contributed by atoms with Crippen molar-refractivity contribution in [3.63, 3.8) is 0 Å². The number of fused-ring (bicyclic) bond motifs is 1. The zero-order valence-corrected chi connectivity index (χ0v) is 10.2. The summed E-state index contributed by atoms with van der Waals surface area (Å²) in [5.41, 5.74) is 1.27. The third-order valence-electron chi connectivity index (χ3n) is 2.79. The first kappa shape index (κ1) is 13.1. The van der Waals surface area contributed by atoms with Crippen molar-refractivity contribution in [2.75, 3.05) is 6.54 Å².